The lowest BCUT2D eigenvalue weighted by atomic mass is 10.1. The van der Waals surface area contributed by atoms with E-state index in [2.05, 4.69) is 15.4 Å². The second-order valence-corrected chi connectivity index (χ2v) is 7.19. The molecular weight excluding hydrogens is 420 g/mol. The summed E-state index contributed by atoms with van der Waals surface area (Å²) in [5.74, 6) is 1.20. The first-order chi connectivity index (χ1) is 16.0. The first-order valence-corrected chi connectivity index (χ1v) is 10.3. The van der Waals surface area contributed by atoms with Crippen LogP contribution in [0.25, 0.3) is 17.1 Å². The van der Waals surface area contributed by atoms with Crippen molar-refractivity contribution in [1.29, 1.82) is 0 Å². The number of hydrogen-bond donors (Lipinski definition) is 1. The van der Waals surface area contributed by atoms with E-state index in [-0.39, 0.29) is 11.9 Å². The van der Waals surface area contributed by atoms with Crippen LogP contribution in [0.1, 0.15) is 15.9 Å². The molecule has 33 heavy (non-hydrogen) atoms. The van der Waals surface area contributed by atoms with E-state index in [1.807, 2.05) is 43.3 Å². The molecule has 0 aliphatic carbocycles. The van der Waals surface area contributed by atoms with Crippen LogP contribution in [-0.4, -0.2) is 42.0 Å². The average Bonchev–Trinajstić information content (AvgIpc) is 3.28. The number of aryl methyl sites for hydroxylation is 1. The highest BCUT2D eigenvalue weighted by Gasteiger charge is 2.19. The van der Waals surface area contributed by atoms with E-state index < -0.39 is 0 Å². The van der Waals surface area contributed by atoms with Gasteiger partial charge in [0.25, 0.3) is 5.91 Å². The van der Waals surface area contributed by atoms with Gasteiger partial charge >= 0.3 is 6.01 Å². The highest BCUT2D eigenvalue weighted by molar-refractivity contribution is 6.08. The number of carbonyl (C=O) groups excluding carboxylic acids is 1. The largest absolute Gasteiger partial charge is 0.496 e. The summed E-state index contributed by atoms with van der Waals surface area (Å²) in [6, 6.07) is 20.7. The molecule has 1 amide bonds. The Hall–Kier alpha value is -4.33. The minimum absolute atomic E-state index is 0.272. The maximum absolute atomic E-state index is 12.9. The summed E-state index contributed by atoms with van der Waals surface area (Å²) in [5.41, 5.74) is 3.74. The van der Waals surface area contributed by atoms with E-state index in [1.165, 1.54) is 21.3 Å². The van der Waals surface area contributed by atoms with Crippen LogP contribution in [0.4, 0.5) is 5.69 Å². The maximum Gasteiger partial charge on any atom is 0.336 e. The first kappa shape index (κ1) is 21.9. The number of carbonyl (C=O) groups is 1. The van der Waals surface area contributed by atoms with E-state index in [9.17, 15) is 4.79 Å². The number of benzene rings is 3. The van der Waals surface area contributed by atoms with E-state index in [4.69, 9.17) is 14.2 Å². The van der Waals surface area contributed by atoms with Crippen molar-refractivity contribution < 1.29 is 19.0 Å². The molecule has 4 aromatic rings. The predicted octanol–water partition coefficient (Wildman–Crippen LogP) is 4.52. The summed E-state index contributed by atoms with van der Waals surface area (Å²) in [6.45, 7) is 2.02. The number of methoxy groups -OCH3 is 3. The number of nitrogens with one attached hydrogen (secondary N) is 1. The molecule has 0 aliphatic rings. The Balaban J connectivity index is 1.64. The van der Waals surface area contributed by atoms with Crippen molar-refractivity contribution in [1.82, 2.24) is 14.8 Å². The quantitative estimate of drug-likeness (QED) is 0.451. The van der Waals surface area contributed by atoms with E-state index in [1.54, 1.807) is 35.0 Å². The third-order valence-corrected chi connectivity index (χ3v) is 5.18. The van der Waals surface area contributed by atoms with Crippen LogP contribution >= 0.6 is 0 Å². The van der Waals surface area contributed by atoms with Gasteiger partial charge in [0.15, 0.2) is 5.82 Å². The predicted molar refractivity (Wildman–Crippen MR) is 126 cm³/mol. The van der Waals surface area contributed by atoms with E-state index >= 15 is 0 Å². The number of aromatic nitrogens is 3. The SMILES string of the molecule is COc1nc(-c2ccccc2C)n(-c2ccc(NC(=O)c3c(OC)cccc3OC)cc2)n1. The molecule has 0 bridgehead atoms. The van der Waals surface area contributed by atoms with Crippen LogP contribution in [0.5, 0.6) is 17.5 Å². The van der Waals surface area contributed by atoms with Gasteiger partial charge in [-0.3, -0.25) is 4.79 Å². The fraction of sp³-hybridized carbons (Fsp3) is 0.160. The topological polar surface area (TPSA) is 87.5 Å². The molecule has 8 nitrogen and oxygen atoms in total. The molecule has 0 unspecified atom stereocenters. The average molecular weight is 444 g/mol. The summed E-state index contributed by atoms with van der Waals surface area (Å²) in [4.78, 5) is 17.4. The van der Waals surface area contributed by atoms with Gasteiger partial charge in [0.2, 0.25) is 0 Å². The minimum atomic E-state index is -0.333. The van der Waals surface area contributed by atoms with Gasteiger partial charge in [-0.1, -0.05) is 30.3 Å². The number of anilines is 1. The molecule has 3 aromatic carbocycles. The van der Waals surface area contributed by atoms with Crippen molar-refractivity contribution in [3.05, 3.63) is 77.9 Å². The summed E-state index contributed by atoms with van der Waals surface area (Å²) >= 11 is 0. The van der Waals surface area contributed by atoms with Crippen molar-refractivity contribution in [3.63, 3.8) is 0 Å². The summed E-state index contributed by atoms with van der Waals surface area (Å²) in [6.07, 6.45) is 0. The fourth-order valence-corrected chi connectivity index (χ4v) is 3.51. The van der Waals surface area contributed by atoms with Crippen LogP contribution in [-0.2, 0) is 0 Å². The lowest BCUT2D eigenvalue weighted by Gasteiger charge is -2.13. The Labute approximate surface area is 191 Å². The third-order valence-electron chi connectivity index (χ3n) is 5.18. The van der Waals surface area contributed by atoms with Crippen molar-refractivity contribution in [2.24, 2.45) is 0 Å². The fourth-order valence-electron chi connectivity index (χ4n) is 3.51. The Bertz CT molecular complexity index is 1260. The molecule has 4 rings (SSSR count). The van der Waals surface area contributed by atoms with Crippen molar-refractivity contribution in [3.8, 4) is 34.6 Å². The molecule has 0 radical (unpaired) electrons. The molecule has 8 heteroatoms. The van der Waals surface area contributed by atoms with Crippen LogP contribution in [0.2, 0.25) is 0 Å². The zero-order valence-corrected chi connectivity index (χ0v) is 18.8. The van der Waals surface area contributed by atoms with Gasteiger partial charge in [0.1, 0.15) is 17.1 Å². The van der Waals surface area contributed by atoms with Gasteiger partial charge in [-0.05, 0) is 48.9 Å². The van der Waals surface area contributed by atoms with Crippen molar-refractivity contribution >= 4 is 11.6 Å². The van der Waals surface area contributed by atoms with Gasteiger partial charge in [0, 0.05) is 11.3 Å². The van der Waals surface area contributed by atoms with Crippen molar-refractivity contribution in [2.75, 3.05) is 26.6 Å². The molecule has 0 saturated carbocycles. The summed E-state index contributed by atoms with van der Waals surface area (Å²) in [5, 5.41) is 7.35. The lowest BCUT2D eigenvalue weighted by Crippen LogP contribution is -2.14. The molecule has 1 N–H and O–H groups in total. The molecule has 0 saturated heterocycles. The van der Waals surface area contributed by atoms with Gasteiger partial charge in [-0.2, -0.15) is 4.98 Å². The second kappa shape index (κ2) is 9.44. The molecule has 0 spiro atoms. The van der Waals surface area contributed by atoms with Gasteiger partial charge in [0.05, 0.1) is 27.0 Å². The smallest absolute Gasteiger partial charge is 0.336 e. The molecule has 1 heterocycles. The standard InChI is InChI=1S/C25H24N4O4/c1-16-8-5-6-9-19(16)23-27-25(33-4)28-29(23)18-14-12-17(13-15-18)26-24(30)22-20(31-2)10-7-11-21(22)32-3/h5-15H,1-4H3,(H,26,30). The Morgan fingerprint density at radius 3 is 2.12 bits per heavy atom. The van der Waals surface area contributed by atoms with Crippen molar-refractivity contribution in [2.45, 2.75) is 6.92 Å². The van der Waals surface area contributed by atoms with Gasteiger partial charge in [-0.15, -0.1) is 5.10 Å². The molecule has 168 valence electrons. The van der Waals surface area contributed by atoms with Gasteiger partial charge < -0.3 is 19.5 Å². The van der Waals surface area contributed by atoms with E-state index in [0.29, 0.717) is 28.6 Å². The Kier molecular flexibility index (Phi) is 6.26. The minimum Gasteiger partial charge on any atom is -0.496 e. The number of nitrogens with zero attached hydrogens (tertiary/aromatic N) is 3. The number of rotatable bonds is 7. The molecule has 0 aliphatic heterocycles. The van der Waals surface area contributed by atoms with E-state index in [0.717, 1.165) is 16.8 Å². The maximum atomic E-state index is 12.9. The summed E-state index contributed by atoms with van der Waals surface area (Å²) < 4.78 is 17.6. The van der Waals surface area contributed by atoms with Gasteiger partial charge in [-0.25, -0.2) is 4.68 Å². The summed E-state index contributed by atoms with van der Waals surface area (Å²) in [7, 11) is 4.56. The monoisotopic (exact) mass is 444 g/mol. The van der Waals surface area contributed by atoms with Crippen LogP contribution < -0.4 is 19.5 Å². The molecular formula is C25H24N4O4. The Morgan fingerprint density at radius 1 is 0.848 bits per heavy atom. The number of hydrogen-bond acceptors (Lipinski definition) is 6. The first-order valence-electron chi connectivity index (χ1n) is 10.3. The normalized spacial score (nSPS) is 10.5. The molecule has 0 fully saturated rings. The Morgan fingerprint density at radius 2 is 1.52 bits per heavy atom. The number of amides is 1. The molecule has 0 atom stereocenters. The van der Waals surface area contributed by atoms with Crippen LogP contribution in [0.3, 0.4) is 0 Å². The highest BCUT2D eigenvalue weighted by Crippen LogP contribution is 2.30. The zero-order valence-electron chi connectivity index (χ0n) is 18.8. The van der Waals surface area contributed by atoms with Crippen LogP contribution in [0.15, 0.2) is 66.7 Å². The highest BCUT2D eigenvalue weighted by atomic mass is 16.5. The molecule has 1 aromatic heterocycles. The number of ether oxygens (including phenoxy) is 3. The second-order valence-electron chi connectivity index (χ2n) is 7.19. The zero-order chi connectivity index (χ0) is 23.4. The van der Waals surface area contributed by atoms with Crippen LogP contribution in [0, 0.1) is 6.92 Å². The third kappa shape index (κ3) is 4.36. The lowest BCUT2D eigenvalue weighted by molar-refractivity contribution is 0.102.